The van der Waals surface area contributed by atoms with Crippen molar-refractivity contribution in [2.24, 2.45) is 0 Å². The van der Waals surface area contributed by atoms with Crippen LogP contribution in [0, 0.1) is 6.92 Å². The number of anilines is 4. The molecule has 3 rings (SSSR count). The molecule has 0 unspecified atom stereocenters. The molecule has 404 valence electrons. The fourth-order valence-electron chi connectivity index (χ4n) is 10.4. The molecule has 71 heavy (non-hydrogen) atoms. The summed E-state index contributed by atoms with van der Waals surface area (Å²) in [5.41, 5.74) is 8.55. The third-order valence-corrected chi connectivity index (χ3v) is 15.1. The molecule has 0 saturated carbocycles. The van der Waals surface area contributed by atoms with Gasteiger partial charge in [0.15, 0.2) is 0 Å². The highest BCUT2D eigenvalue weighted by atomic mass is 16.7. The Balaban J connectivity index is 1.80. The largest absolute Gasteiger partial charge is 0.269 e. The number of unbranched alkanes of at least 4 members (excludes halogenated alkanes) is 36. The van der Waals surface area contributed by atoms with Crippen LogP contribution in [0.3, 0.4) is 0 Å². The molecule has 0 saturated heterocycles. The van der Waals surface area contributed by atoms with Crippen molar-refractivity contribution in [3.8, 4) is 0 Å². The third kappa shape index (κ3) is 29.6. The van der Waals surface area contributed by atoms with Gasteiger partial charge in [0.05, 0.1) is 36.0 Å². The minimum Gasteiger partial charge on any atom is -0.269 e. The van der Waals surface area contributed by atoms with Gasteiger partial charge in [-0.25, -0.2) is 10.1 Å². The van der Waals surface area contributed by atoms with Gasteiger partial charge in [-0.3, -0.25) is 9.68 Å². The van der Waals surface area contributed by atoms with Crippen molar-refractivity contribution in [1.29, 1.82) is 0 Å². The topological polar surface area (TPSA) is 24.9 Å². The number of hydrogen-bond acceptors (Lipinski definition) is 4. The molecule has 4 nitrogen and oxygen atoms in total. The Kier molecular flexibility index (Phi) is 39.3. The highest BCUT2D eigenvalue weighted by molar-refractivity contribution is 5.74. The van der Waals surface area contributed by atoms with E-state index >= 15 is 0 Å². The molecule has 0 fully saturated rings. The second-order valence-electron chi connectivity index (χ2n) is 21.7. The van der Waals surface area contributed by atoms with Gasteiger partial charge in [0.2, 0.25) is 0 Å². The molecule has 0 radical (unpaired) electrons. The molecule has 0 bridgehead atoms. The van der Waals surface area contributed by atoms with Crippen LogP contribution in [0.5, 0.6) is 0 Å². The van der Waals surface area contributed by atoms with Crippen LogP contribution in [0.25, 0.3) is 0 Å². The van der Waals surface area contributed by atoms with E-state index in [1.165, 1.54) is 272 Å². The molecule has 4 heteroatoms. The molecule has 0 atom stereocenters. The second kappa shape index (κ2) is 44.6. The van der Waals surface area contributed by atoms with Gasteiger partial charge in [0.1, 0.15) is 0 Å². The van der Waals surface area contributed by atoms with Crippen molar-refractivity contribution in [3.63, 3.8) is 0 Å². The zero-order valence-electron chi connectivity index (χ0n) is 47.7. The maximum Gasteiger partial charge on any atom is 0.0753 e. The third-order valence-electron chi connectivity index (χ3n) is 15.1. The van der Waals surface area contributed by atoms with E-state index in [9.17, 15) is 0 Å². The first-order valence-corrected chi connectivity index (χ1v) is 31.3. The zero-order valence-corrected chi connectivity index (χ0v) is 47.7. The molecule has 0 aliphatic carbocycles. The van der Waals surface area contributed by atoms with Gasteiger partial charge >= 0.3 is 0 Å². The van der Waals surface area contributed by atoms with E-state index in [-0.39, 0.29) is 0 Å². The predicted octanol–water partition coefficient (Wildman–Crippen LogP) is 22.9. The van der Waals surface area contributed by atoms with E-state index in [4.69, 9.17) is 9.68 Å². The second-order valence-corrected chi connectivity index (χ2v) is 21.7. The van der Waals surface area contributed by atoms with Crippen LogP contribution in [-0.2, 0) is 22.5 Å². The number of para-hydroxylation sites is 2. The molecule has 3 aromatic rings. The van der Waals surface area contributed by atoms with Crippen molar-refractivity contribution in [1.82, 2.24) is 0 Å². The molecule has 0 heterocycles. The molecule has 0 aliphatic heterocycles. The number of hydrogen-bond donors (Lipinski definition) is 0. The monoisotopic (exact) mass is 979 g/mol. The maximum absolute atomic E-state index is 7.04. The Morgan fingerprint density at radius 1 is 0.296 bits per heavy atom. The lowest BCUT2D eigenvalue weighted by Gasteiger charge is -2.31. The Labute approximate surface area is 441 Å². The molecule has 0 aliphatic rings. The zero-order chi connectivity index (χ0) is 50.5. The van der Waals surface area contributed by atoms with Crippen LogP contribution < -0.4 is 10.1 Å². The first-order valence-electron chi connectivity index (χ1n) is 31.3. The van der Waals surface area contributed by atoms with Crippen LogP contribution in [0.2, 0.25) is 0 Å². The maximum atomic E-state index is 7.04. The first kappa shape index (κ1) is 62.5. The molecule has 0 amide bonds. The van der Waals surface area contributed by atoms with Crippen molar-refractivity contribution in [2.45, 2.75) is 304 Å². The number of nitrogens with zero attached hydrogens (tertiary/aromatic N) is 2. The van der Waals surface area contributed by atoms with Crippen LogP contribution in [0.4, 0.5) is 22.7 Å². The van der Waals surface area contributed by atoms with Gasteiger partial charge in [0.25, 0.3) is 0 Å². The fourth-order valence-corrected chi connectivity index (χ4v) is 10.4. The Hall–Kier alpha value is -2.82. The summed E-state index contributed by atoms with van der Waals surface area (Å²) >= 11 is 0. The van der Waals surface area contributed by atoms with Crippen LogP contribution in [0.1, 0.15) is 301 Å². The predicted molar refractivity (Wildman–Crippen MR) is 315 cm³/mol. The van der Waals surface area contributed by atoms with E-state index in [0.29, 0.717) is 13.2 Å². The van der Waals surface area contributed by atoms with Crippen molar-refractivity contribution < 1.29 is 9.68 Å². The summed E-state index contributed by atoms with van der Waals surface area (Å²) in [6, 6.07) is 25.1. The molecular formula is C67H114N2O2. The first-order chi connectivity index (χ1) is 35.1. The minimum absolute atomic E-state index is 0.716. The smallest absolute Gasteiger partial charge is 0.0753 e. The van der Waals surface area contributed by atoms with Gasteiger partial charge in [-0.15, -0.1) is 0 Å². The standard InChI is InChI=1S/C67H114N2O2/c1-6-10-14-18-22-26-28-30-32-36-40-48-58-70-68(65-54-46-44-52-62(65)50-42-38-34-24-20-16-12-8-3)64-57-56-61(5)67(60-64)69(71-59-49-41-37-33-31-29-27-23-19-15-11-7-2)66-55-47-45-53-63(66)51-43-39-35-25-21-17-13-9-4/h44-47,52-57,60H,6-43,48-51,58-59H2,1-5H3. The van der Waals surface area contributed by atoms with Crippen LogP contribution >= 0.6 is 0 Å². The SMILES string of the molecule is CCCCCCCCCCCCCCON(c1ccc(C)c(N(OCCCCCCCCCCCCCC)c2ccccc2CCCCCCCCCC)c1)c1ccccc1CCCCCCCCCC. The summed E-state index contributed by atoms with van der Waals surface area (Å²) in [6.45, 7) is 12.9. The summed E-state index contributed by atoms with van der Waals surface area (Å²) in [5.74, 6) is 0. The normalized spacial score (nSPS) is 11.5. The fraction of sp³-hybridized carbons (Fsp3) is 0.731. The summed E-state index contributed by atoms with van der Waals surface area (Å²) in [7, 11) is 0. The molecule has 3 aromatic carbocycles. The highest BCUT2D eigenvalue weighted by Gasteiger charge is 2.21. The van der Waals surface area contributed by atoms with Crippen molar-refractivity contribution in [3.05, 3.63) is 83.4 Å². The van der Waals surface area contributed by atoms with Gasteiger partial charge in [-0.1, -0.05) is 301 Å². The minimum atomic E-state index is 0.716. The Morgan fingerprint density at radius 2 is 0.592 bits per heavy atom. The lowest BCUT2D eigenvalue weighted by atomic mass is 10.0. The molecular weight excluding hydrogens is 865 g/mol. The molecule has 0 N–H and O–H groups in total. The van der Waals surface area contributed by atoms with Gasteiger partial charge in [0, 0.05) is 0 Å². The number of benzene rings is 3. The quantitative estimate of drug-likeness (QED) is 0.0416. The van der Waals surface area contributed by atoms with Crippen molar-refractivity contribution in [2.75, 3.05) is 23.3 Å². The summed E-state index contributed by atoms with van der Waals surface area (Å²) < 4.78 is 0. The average Bonchev–Trinajstić information content (AvgIpc) is 3.39. The van der Waals surface area contributed by atoms with E-state index in [0.717, 1.165) is 37.1 Å². The average molecular weight is 980 g/mol. The highest BCUT2D eigenvalue weighted by Crippen LogP contribution is 2.38. The summed E-state index contributed by atoms with van der Waals surface area (Å²) in [4.78, 5) is 14.0. The van der Waals surface area contributed by atoms with Crippen molar-refractivity contribution >= 4 is 22.7 Å². The van der Waals surface area contributed by atoms with Crippen LogP contribution in [0.15, 0.2) is 66.7 Å². The van der Waals surface area contributed by atoms with Gasteiger partial charge in [-0.2, -0.15) is 0 Å². The summed E-state index contributed by atoms with van der Waals surface area (Å²) in [6.07, 6.45) is 55.7. The number of rotatable bonds is 50. The lowest BCUT2D eigenvalue weighted by molar-refractivity contribution is 0.128. The molecule has 0 aromatic heterocycles. The Morgan fingerprint density at radius 3 is 0.958 bits per heavy atom. The van der Waals surface area contributed by atoms with Gasteiger partial charge < -0.3 is 0 Å². The van der Waals surface area contributed by atoms with E-state index in [2.05, 4.69) is 111 Å². The van der Waals surface area contributed by atoms with E-state index in [1.807, 2.05) is 0 Å². The van der Waals surface area contributed by atoms with E-state index in [1.54, 1.807) is 0 Å². The Bertz CT molecular complexity index is 1640. The van der Waals surface area contributed by atoms with Crippen LogP contribution in [-0.4, -0.2) is 13.2 Å². The number of aryl methyl sites for hydroxylation is 3. The lowest BCUT2D eigenvalue weighted by Crippen LogP contribution is -2.23. The molecule has 0 spiro atoms. The van der Waals surface area contributed by atoms with Gasteiger partial charge in [-0.05, 0) is 86.4 Å². The van der Waals surface area contributed by atoms with E-state index < -0.39 is 0 Å². The summed E-state index contributed by atoms with van der Waals surface area (Å²) in [5, 5.41) is 4.41.